The number of rotatable bonds is 5. The van der Waals surface area contributed by atoms with Crippen LogP contribution in [-0.2, 0) is 0 Å². The summed E-state index contributed by atoms with van der Waals surface area (Å²) in [4.78, 5) is 15.1. The lowest BCUT2D eigenvalue weighted by Crippen LogP contribution is -2.00. The first-order chi connectivity index (χ1) is 28.3. The fourth-order valence-electron chi connectivity index (χ4n) is 8.70. The summed E-state index contributed by atoms with van der Waals surface area (Å²) in [5.74, 6) is 1.78. The van der Waals surface area contributed by atoms with Gasteiger partial charge >= 0.3 is 0 Å². The SMILES string of the molecule is c1ccc(-c2nc(-c3ccccc3)nc(-c3cccc4c3oc3c4ccc4c3c3cccc(-n5c6ccccc6c6ccccc65)c3n4-c3ccccc3)n2)cc1. The Kier molecular flexibility index (Phi) is 6.83. The number of furan rings is 1. The van der Waals surface area contributed by atoms with Crippen molar-refractivity contribution in [3.8, 4) is 45.5 Å². The Morgan fingerprint density at radius 2 is 0.877 bits per heavy atom. The Balaban J connectivity index is 1.17. The van der Waals surface area contributed by atoms with Gasteiger partial charge in [0, 0.05) is 43.7 Å². The number of fused-ring (bicyclic) bond motifs is 10. The fraction of sp³-hybridized carbons (Fsp3) is 0. The third-order valence-electron chi connectivity index (χ3n) is 11.2. The lowest BCUT2D eigenvalue weighted by Gasteiger charge is -2.14. The number of nitrogens with zero attached hydrogens (tertiary/aromatic N) is 5. The molecule has 0 amide bonds. The van der Waals surface area contributed by atoms with Crippen molar-refractivity contribution in [3.63, 3.8) is 0 Å². The molecule has 57 heavy (non-hydrogen) atoms. The highest BCUT2D eigenvalue weighted by molar-refractivity contribution is 6.26. The van der Waals surface area contributed by atoms with Gasteiger partial charge in [-0.2, -0.15) is 0 Å². The molecule has 0 radical (unpaired) electrons. The molecule has 266 valence electrons. The lowest BCUT2D eigenvalue weighted by molar-refractivity contribution is 0.673. The maximum atomic E-state index is 7.15. The summed E-state index contributed by atoms with van der Waals surface area (Å²) in [5, 5.41) is 6.66. The predicted molar refractivity (Wildman–Crippen MR) is 232 cm³/mol. The molecule has 0 atom stereocenters. The van der Waals surface area contributed by atoms with Crippen LogP contribution in [0.3, 0.4) is 0 Å². The van der Waals surface area contributed by atoms with E-state index in [1.54, 1.807) is 0 Å². The molecule has 0 bridgehead atoms. The molecule has 0 saturated heterocycles. The van der Waals surface area contributed by atoms with Crippen molar-refractivity contribution >= 4 is 65.6 Å². The van der Waals surface area contributed by atoms with Crippen LogP contribution in [0.4, 0.5) is 0 Å². The zero-order valence-corrected chi connectivity index (χ0v) is 30.5. The van der Waals surface area contributed by atoms with Crippen molar-refractivity contribution in [2.45, 2.75) is 0 Å². The molecule has 0 saturated carbocycles. The molecule has 0 fully saturated rings. The van der Waals surface area contributed by atoms with E-state index in [0.717, 1.165) is 82.8 Å². The highest BCUT2D eigenvalue weighted by Crippen LogP contribution is 2.45. The number of benzene rings is 8. The zero-order valence-electron chi connectivity index (χ0n) is 30.5. The van der Waals surface area contributed by atoms with Crippen molar-refractivity contribution in [2.24, 2.45) is 0 Å². The number of aromatic nitrogens is 5. The minimum Gasteiger partial charge on any atom is -0.455 e. The van der Waals surface area contributed by atoms with Crippen molar-refractivity contribution in [1.29, 1.82) is 0 Å². The second kappa shape index (κ2) is 12.3. The summed E-state index contributed by atoms with van der Waals surface area (Å²) in [6.45, 7) is 0. The first-order valence-electron chi connectivity index (χ1n) is 19.1. The average Bonchev–Trinajstić information content (AvgIpc) is 3.95. The van der Waals surface area contributed by atoms with Gasteiger partial charge < -0.3 is 13.6 Å². The molecule has 0 spiro atoms. The average molecular weight is 730 g/mol. The molecular weight excluding hydrogens is 699 g/mol. The molecule has 0 unspecified atom stereocenters. The quantitative estimate of drug-likeness (QED) is 0.177. The molecule has 8 aromatic carbocycles. The summed E-state index contributed by atoms with van der Waals surface area (Å²) in [6, 6.07) is 65.5. The van der Waals surface area contributed by atoms with Crippen LogP contribution in [0, 0.1) is 0 Å². The van der Waals surface area contributed by atoms with Crippen LogP contribution >= 0.6 is 0 Å². The van der Waals surface area contributed by atoms with Crippen LogP contribution in [0.15, 0.2) is 192 Å². The van der Waals surface area contributed by atoms with E-state index in [1.807, 2.05) is 60.7 Å². The summed E-state index contributed by atoms with van der Waals surface area (Å²) in [5.41, 5.74) is 10.9. The first kappa shape index (κ1) is 31.5. The van der Waals surface area contributed by atoms with Gasteiger partial charge in [-0.3, -0.25) is 0 Å². The summed E-state index contributed by atoms with van der Waals surface area (Å²) < 4.78 is 12.0. The number of para-hydroxylation sites is 5. The topological polar surface area (TPSA) is 61.7 Å². The number of hydrogen-bond acceptors (Lipinski definition) is 4. The van der Waals surface area contributed by atoms with Crippen LogP contribution in [0.5, 0.6) is 0 Å². The van der Waals surface area contributed by atoms with E-state index in [9.17, 15) is 0 Å². The van der Waals surface area contributed by atoms with E-state index >= 15 is 0 Å². The van der Waals surface area contributed by atoms with E-state index in [2.05, 4.69) is 137 Å². The van der Waals surface area contributed by atoms with Crippen molar-refractivity contribution in [2.75, 3.05) is 0 Å². The first-order valence-corrected chi connectivity index (χ1v) is 19.1. The molecule has 0 aliphatic carbocycles. The molecule has 4 aromatic heterocycles. The molecule has 4 heterocycles. The minimum atomic E-state index is 0.559. The van der Waals surface area contributed by atoms with E-state index in [-0.39, 0.29) is 0 Å². The van der Waals surface area contributed by atoms with Gasteiger partial charge in [0.25, 0.3) is 0 Å². The Labute approximate surface area is 326 Å². The summed E-state index contributed by atoms with van der Waals surface area (Å²) >= 11 is 0. The van der Waals surface area contributed by atoms with Crippen LogP contribution in [0.1, 0.15) is 0 Å². The van der Waals surface area contributed by atoms with Crippen LogP contribution in [-0.4, -0.2) is 24.1 Å². The Morgan fingerprint density at radius 3 is 1.54 bits per heavy atom. The van der Waals surface area contributed by atoms with Gasteiger partial charge in [0.15, 0.2) is 17.5 Å². The van der Waals surface area contributed by atoms with Gasteiger partial charge in [-0.25, -0.2) is 15.0 Å². The molecular formula is C51H31N5O. The maximum absolute atomic E-state index is 7.15. The molecule has 12 rings (SSSR count). The van der Waals surface area contributed by atoms with Crippen LogP contribution in [0.25, 0.3) is 111 Å². The predicted octanol–water partition coefficient (Wildman–Crippen LogP) is 13.0. The van der Waals surface area contributed by atoms with Gasteiger partial charge in [0.1, 0.15) is 11.2 Å². The van der Waals surface area contributed by atoms with Crippen LogP contribution in [0.2, 0.25) is 0 Å². The van der Waals surface area contributed by atoms with Crippen molar-refractivity contribution in [1.82, 2.24) is 24.1 Å². The van der Waals surface area contributed by atoms with E-state index in [1.165, 1.54) is 10.8 Å². The van der Waals surface area contributed by atoms with Gasteiger partial charge in [-0.05, 0) is 48.5 Å². The maximum Gasteiger partial charge on any atom is 0.167 e. The van der Waals surface area contributed by atoms with E-state index < -0.39 is 0 Å². The molecule has 0 N–H and O–H groups in total. The second-order valence-electron chi connectivity index (χ2n) is 14.4. The van der Waals surface area contributed by atoms with Gasteiger partial charge in [-0.1, -0.05) is 140 Å². The third-order valence-corrected chi connectivity index (χ3v) is 11.2. The molecule has 12 aromatic rings. The normalized spacial score (nSPS) is 11.9. The van der Waals surface area contributed by atoms with Gasteiger partial charge in [0.05, 0.1) is 38.7 Å². The Morgan fingerprint density at radius 1 is 0.351 bits per heavy atom. The largest absolute Gasteiger partial charge is 0.455 e. The van der Waals surface area contributed by atoms with Crippen molar-refractivity contribution in [3.05, 3.63) is 188 Å². The Hall–Kier alpha value is -7.83. The minimum absolute atomic E-state index is 0.559. The smallest absolute Gasteiger partial charge is 0.167 e. The highest BCUT2D eigenvalue weighted by atomic mass is 16.3. The monoisotopic (exact) mass is 729 g/mol. The number of hydrogen-bond donors (Lipinski definition) is 0. The molecule has 0 aliphatic heterocycles. The van der Waals surface area contributed by atoms with Crippen LogP contribution < -0.4 is 0 Å². The molecule has 6 heteroatoms. The standard InChI is InChI=1S/C51H31N5O/c1-4-16-32(17-5-1)49-52-50(33-18-6-2-7-19-33)54-51(53-49)40-26-14-24-37-38-30-31-43-45(48(38)57-47(37)40)39-25-15-29-44(46(39)55(43)34-20-8-3-9-21-34)56-41-27-12-10-22-35(41)36-23-11-13-28-42(36)56/h1-31H. The van der Waals surface area contributed by atoms with E-state index in [0.29, 0.717) is 17.5 Å². The van der Waals surface area contributed by atoms with Gasteiger partial charge in [0.2, 0.25) is 0 Å². The lowest BCUT2D eigenvalue weighted by atomic mass is 10.1. The Bertz CT molecular complexity index is 3400. The summed E-state index contributed by atoms with van der Waals surface area (Å²) in [6.07, 6.45) is 0. The molecule has 0 aliphatic rings. The fourth-order valence-corrected chi connectivity index (χ4v) is 8.70. The third kappa shape index (κ3) is 4.74. The molecule has 6 nitrogen and oxygen atoms in total. The van der Waals surface area contributed by atoms with Gasteiger partial charge in [-0.15, -0.1) is 0 Å². The second-order valence-corrected chi connectivity index (χ2v) is 14.4. The zero-order chi connectivity index (χ0) is 37.5. The highest BCUT2D eigenvalue weighted by Gasteiger charge is 2.24. The van der Waals surface area contributed by atoms with Crippen molar-refractivity contribution < 1.29 is 4.42 Å². The van der Waals surface area contributed by atoms with E-state index in [4.69, 9.17) is 19.4 Å². The summed E-state index contributed by atoms with van der Waals surface area (Å²) in [7, 11) is 0.